The molecule has 8 nitrogen and oxygen atoms in total. The van der Waals surface area contributed by atoms with Gasteiger partial charge in [-0.05, 0) is 55.7 Å². The Bertz CT molecular complexity index is 1610. The lowest BCUT2D eigenvalue weighted by Crippen LogP contribution is -2.43. The molecule has 1 saturated carbocycles. The third-order valence-corrected chi connectivity index (χ3v) is 8.13. The van der Waals surface area contributed by atoms with Gasteiger partial charge in [0, 0.05) is 32.0 Å². The fourth-order valence-corrected chi connectivity index (χ4v) is 5.87. The molecule has 6 rings (SSSR count). The number of para-hydroxylation sites is 1. The Morgan fingerprint density at radius 3 is 2.32 bits per heavy atom. The molecule has 2 aromatic rings. The van der Waals surface area contributed by atoms with Gasteiger partial charge in [-0.25, -0.2) is 9.38 Å². The van der Waals surface area contributed by atoms with Crippen LogP contribution in [0.1, 0.15) is 32.6 Å². The van der Waals surface area contributed by atoms with E-state index in [-0.39, 0.29) is 23.8 Å². The number of ether oxygens (including phenoxy) is 3. The Hall–Kier alpha value is -4.73. The van der Waals surface area contributed by atoms with Crippen molar-refractivity contribution in [2.75, 3.05) is 32.2 Å². The number of nitrogens with zero attached hydrogens (tertiary/aromatic N) is 3. The molecule has 1 aliphatic carbocycles. The number of benzene rings is 2. The van der Waals surface area contributed by atoms with Crippen molar-refractivity contribution >= 4 is 11.5 Å². The van der Waals surface area contributed by atoms with Crippen molar-refractivity contribution < 1.29 is 28.1 Å². The highest BCUT2D eigenvalue weighted by atomic mass is 19.2. The minimum atomic E-state index is -0.975. The van der Waals surface area contributed by atoms with Crippen LogP contribution in [-0.4, -0.2) is 55.3 Å². The number of aliphatic hydroxyl groups is 1. The van der Waals surface area contributed by atoms with Crippen molar-refractivity contribution in [3.05, 3.63) is 107 Å². The molecule has 3 heterocycles. The molecule has 2 fully saturated rings. The van der Waals surface area contributed by atoms with Crippen molar-refractivity contribution in [3.63, 3.8) is 0 Å². The number of amidine groups is 1. The van der Waals surface area contributed by atoms with Crippen molar-refractivity contribution in [2.45, 2.75) is 44.8 Å². The van der Waals surface area contributed by atoms with E-state index in [2.05, 4.69) is 16.8 Å². The maximum Gasteiger partial charge on any atom is 0.209 e. The van der Waals surface area contributed by atoms with Crippen LogP contribution in [-0.2, 0) is 0 Å². The summed E-state index contributed by atoms with van der Waals surface area (Å²) < 4.78 is 45.4. The van der Waals surface area contributed by atoms with Crippen LogP contribution in [0.4, 0.5) is 14.5 Å². The highest BCUT2D eigenvalue weighted by Crippen LogP contribution is 2.47. The Balaban J connectivity index is 1.36. The molecule has 10 heteroatoms. The predicted molar refractivity (Wildman–Crippen MR) is 166 cm³/mol. The monoisotopic (exact) mass is 602 g/mol. The minimum absolute atomic E-state index is 0.0395. The number of aliphatic hydroxyl groups excluding tert-OH is 1. The smallest absolute Gasteiger partial charge is 0.209 e. The van der Waals surface area contributed by atoms with Crippen LogP contribution in [0.5, 0.6) is 17.2 Å². The van der Waals surface area contributed by atoms with Gasteiger partial charge in [0.15, 0.2) is 17.4 Å². The van der Waals surface area contributed by atoms with Crippen LogP contribution in [0.2, 0.25) is 0 Å². The fraction of sp³-hybridized carbons (Fsp3) is 0.324. The second-order valence-electron chi connectivity index (χ2n) is 11.1. The molecule has 1 unspecified atom stereocenters. The summed E-state index contributed by atoms with van der Waals surface area (Å²) in [5, 5.41) is 15.7. The Kier molecular flexibility index (Phi) is 8.07. The maximum atomic E-state index is 14.3. The van der Waals surface area contributed by atoms with Gasteiger partial charge < -0.3 is 29.5 Å². The largest absolute Gasteiger partial charge is 0.494 e. The number of piperidine rings is 1. The lowest BCUT2D eigenvalue weighted by atomic mass is 10.00. The van der Waals surface area contributed by atoms with Gasteiger partial charge in [-0.3, -0.25) is 4.90 Å². The molecule has 1 atom stereocenters. The Labute approximate surface area is 255 Å². The molecule has 4 aliphatic rings. The van der Waals surface area contributed by atoms with Crippen molar-refractivity contribution in [2.24, 2.45) is 4.99 Å². The lowest BCUT2D eigenvalue weighted by molar-refractivity contribution is 0.113. The summed E-state index contributed by atoms with van der Waals surface area (Å²) in [6.07, 6.45) is 8.59. The summed E-state index contributed by atoms with van der Waals surface area (Å²) in [7, 11) is 3.14. The normalized spacial score (nSPS) is 20.2. The Morgan fingerprint density at radius 1 is 1.02 bits per heavy atom. The van der Waals surface area contributed by atoms with E-state index >= 15 is 0 Å². The van der Waals surface area contributed by atoms with E-state index in [0.29, 0.717) is 65.9 Å². The highest BCUT2D eigenvalue weighted by Gasteiger charge is 2.39. The standard InChI is InChI=1S/C34H36F2N4O4/c1-20-8-5-10-25(37-20)33-38-21(2)29(34(41)40(33)32-27(42-3)12-7-13-28(32)43-4)31(22-14-15-22)39-18-16-23(17-19-39)44-26-11-6-9-24(35)30(26)36/h5-13,20,23,37,41H,2,14-19H2,1,3-4H3. The lowest BCUT2D eigenvalue weighted by Gasteiger charge is -2.39. The van der Waals surface area contributed by atoms with Gasteiger partial charge in [-0.1, -0.05) is 30.9 Å². The predicted octanol–water partition coefficient (Wildman–Crippen LogP) is 6.51. The number of allylic oxidation sites excluding steroid dienone is 3. The molecule has 0 spiro atoms. The molecule has 0 bridgehead atoms. The Morgan fingerprint density at radius 2 is 1.68 bits per heavy atom. The minimum Gasteiger partial charge on any atom is -0.494 e. The summed E-state index contributed by atoms with van der Waals surface area (Å²) >= 11 is 0. The number of likely N-dealkylation sites (tertiary alicyclic amines) is 1. The zero-order valence-electron chi connectivity index (χ0n) is 25.1. The second-order valence-corrected chi connectivity index (χ2v) is 11.1. The highest BCUT2D eigenvalue weighted by molar-refractivity contribution is 6.14. The van der Waals surface area contributed by atoms with Gasteiger partial charge >= 0.3 is 0 Å². The molecule has 0 amide bonds. The van der Waals surface area contributed by atoms with E-state index in [1.807, 2.05) is 43.4 Å². The number of anilines is 1. The van der Waals surface area contributed by atoms with Crippen LogP contribution in [0.25, 0.3) is 0 Å². The molecular formula is C34H36F2N4O4. The average Bonchev–Trinajstić information content (AvgIpc) is 3.87. The first-order chi connectivity index (χ1) is 21.3. The van der Waals surface area contributed by atoms with E-state index in [0.717, 1.165) is 24.6 Å². The van der Waals surface area contributed by atoms with Gasteiger partial charge in [0.1, 0.15) is 23.3 Å². The van der Waals surface area contributed by atoms with Crippen molar-refractivity contribution in [1.82, 2.24) is 10.2 Å². The van der Waals surface area contributed by atoms with Gasteiger partial charge in [-0.2, -0.15) is 4.39 Å². The molecule has 3 aliphatic heterocycles. The van der Waals surface area contributed by atoms with Crippen LogP contribution in [0, 0.1) is 11.6 Å². The first-order valence-corrected chi connectivity index (χ1v) is 14.8. The third-order valence-electron chi connectivity index (χ3n) is 8.13. The molecule has 2 aromatic carbocycles. The molecule has 2 N–H and O–H groups in total. The summed E-state index contributed by atoms with van der Waals surface area (Å²) in [6.45, 7) is 7.52. The number of halogens is 2. The van der Waals surface area contributed by atoms with E-state index in [9.17, 15) is 13.9 Å². The first-order valence-electron chi connectivity index (χ1n) is 14.8. The number of aliphatic imine (C=N–C) groups is 1. The SMILES string of the molecule is C=C1N=C(C2=CC=CC(C)N2)N(c2c(OC)cccc2OC)C(O)=C1C(=C1CC1)N1CCC(Oc2cccc(F)c2F)CC1. The number of hydrogen-bond donors (Lipinski definition) is 2. The summed E-state index contributed by atoms with van der Waals surface area (Å²) in [6, 6.07) is 9.45. The number of rotatable bonds is 8. The average molecular weight is 603 g/mol. The molecular weight excluding hydrogens is 566 g/mol. The number of hydrogen-bond acceptors (Lipinski definition) is 8. The van der Waals surface area contributed by atoms with E-state index in [1.165, 1.54) is 17.7 Å². The van der Waals surface area contributed by atoms with Crippen molar-refractivity contribution in [1.29, 1.82) is 0 Å². The molecule has 230 valence electrons. The molecule has 44 heavy (non-hydrogen) atoms. The van der Waals surface area contributed by atoms with Crippen LogP contribution in [0.3, 0.4) is 0 Å². The van der Waals surface area contributed by atoms with Crippen LogP contribution < -0.4 is 24.4 Å². The summed E-state index contributed by atoms with van der Waals surface area (Å²) in [4.78, 5) is 8.86. The fourth-order valence-electron chi connectivity index (χ4n) is 5.87. The molecule has 0 aromatic heterocycles. The number of methoxy groups -OCH3 is 2. The quantitative estimate of drug-likeness (QED) is 0.357. The van der Waals surface area contributed by atoms with Gasteiger partial charge in [-0.15, -0.1) is 0 Å². The van der Waals surface area contributed by atoms with Crippen LogP contribution in [0.15, 0.2) is 100 Å². The number of nitrogens with one attached hydrogen (secondary N) is 1. The van der Waals surface area contributed by atoms with Crippen molar-refractivity contribution in [3.8, 4) is 17.2 Å². The second kappa shape index (κ2) is 12.1. The van der Waals surface area contributed by atoms with E-state index in [4.69, 9.17) is 19.2 Å². The van der Waals surface area contributed by atoms with Gasteiger partial charge in [0.2, 0.25) is 11.7 Å². The topological polar surface area (TPSA) is 78.8 Å². The first kappa shape index (κ1) is 29.3. The van der Waals surface area contributed by atoms with E-state index in [1.54, 1.807) is 19.1 Å². The zero-order chi connectivity index (χ0) is 31.0. The number of dihydropyridines is 1. The van der Waals surface area contributed by atoms with Gasteiger partial charge in [0.25, 0.3) is 0 Å². The summed E-state index contributed by atoms with van der Waals surface area (Å²) in [5.74, 6) is -0.570. The molecule has 0 radical (unpaired) electrons. The third kappa shape index (κ3) is 5.52. The zero-order valence-corrected chi connectivity index (χ0v) is 25.1. The molecule has 1 saturated heterocycles. The van der Waals surface area contributed by atoms with Gasteiger partial charge in [0.05, 0.1) is 36.9 Å². The maximum absolute atomic E-state index is 14.3. The van der Waals surface area contributed by atoms with E-state index < -0.39 is 11.6 Å². The van der Waals surface area contributed by atoms with Crippen LogP contribution >= 0.6 is 0 Å². The summed E-state index contributed by atoms with van der Waals surface area (Å²) in [5.41, 5.74) is 4.27.